The smallest absolute Gasteiger partial charge is 0.164 e. The fraction of sp³-hybridized carbons (Fsp3) is 0.857. The number of ether oxygens (including phenoxy) is 1. The average Bonchev–Trinajstić information content (AvgIpc) is 3.24. The maximum Gasteiger partial charge on any atom is 0.164 e. The van der Waals surface area contributed by atoms with Crippen LogP contribution >= 0.6 is 0 Å². The Balaban J connectivity index is 1.37. The molecule has 0 aromatic rings. The van der Waals surface area contributed by atoms with Crippen molar-refractivity contribution in [1.82, 2.24) is 4.90 Å². The minimum Gasteiger partial charge on any atom is -0.378 e. The fourth-order valence-corrected chi connectivity index (χ4v) is 10.8. The van der Waals surface area contributed by atoms with Crippen molar-refractivity contribution >= 4 is 5.78 Å². The van der Waals surface area contributed by atoms with E-state index in [9.17, 15) is 4.79 Å². The third-order valence-electron chi connectivity index (χ3n) is 12.7. The molecule has 5 fully saturated rings. The normalized spacial score (nSPS) is 43.1. The van der Waals surface area contributed by atoms with Crippen LogP contribution in [0.1, 0.15) is 105 Å². The zero-order chi connectivity index (χ0) is 27.1. The minimum atomic E-state index is 0.130. The second kappa shape index (κ2) is 11.4. The molecule has 3 heteroatoms. The van der Waals surface area contributed by atoms with Crippen LogP contribution in [-0.2, 0) is 9.53 Å². The van der Waals surface area contributed by atoms with Gasteiger partial charge in [-0.1, -0.05) is 60.0 Å². The molecule has 0 radical (unpaired) electrons. The molecule has 0 spiro atoms. The monoisotopic (exact) mass is 523 g/mol. The predicted octanol–water partition coefficient (Wildman–Crippen LogP) is 8.31. The molecule has 214 valence electrons. The first-order chi connectivity index (χ1) is 18.2. The number of carbonyl (C=O) groups is 1. The highest BCUT2D eigenvalue weighted by molar-refractivity contribution is 5.98. The van der Waals surface area contributed by atoms with Gasteiger partial charge in [0.15, 0.2) is 5.78 Å². The van der Waals surface area contributed by atoms with Gasteiger partial charge in [-0.05, 0) is 104 Å². The Morgan fingerprint density at radius 2 is 1.68 bits per heavy atom. The third kappa shape index (κ3) is 5.08. The van der Waals surface area contributed by atoms with Crippen molar-refractivity contribution in [2.75, 3.05) is 26.3 Å². The summed E-state index contributed by atoms with van der Waals surface area (Å²) in [5.41, 5.74) is 1.87. The van der Waals surface area contributed by atoms with E-state index in [1.54, 1.807) is 0 Å². The van der Waals surface area contributed by atoms with Gasteiger partial charge < -0.3 is 9.64 Å². The van der Waals surface area contributed by atoms with Crippen LogP contribution in [-0.4, -0.2) is 37.0 Å². The molecule has 0 aromatic heterocycles. The molecule has 0 bridgehead atoms. The van der Waals surface area contributed by atoms with Crippen LogP contribution in [0.3, 0.4) is 0 Å². The maximum atomic E-state index is 13.9. The zero-order valence-electron chi connectivity index (χ0n) is 25.4. The SMILES string of the molecule is C=CC[C@@H]1C(=O)C(=CN2CCOCC2)C[C@@]2(C)C1CC[C@H]1[C@@H]3CC[C@H]([C@H](C)CCCC(C)C)[C@@]3(C)CC[C@@H]12. The second-order valence-electron chi connectivity index (χ2n) is 15.1. The number of Topliss-reactive ketones (excluding diaryl/α,β-unsaturated/α-hetero) is 1. The predicted molar refractivity (Wildman–Crippen MR) is 158 cm³/mol. The highest BCUT2D eigenvalue weighted by Gasteiger charge is 2.62. The van der Waals surface area contributed by atoms with Gasteiger partial charge in [0, 0.05) is 30.8 Å². The van der Waals surface area contributed by atoms with E-state index in [1.165, 1.54) is 57.8 Å². The van der Waals surface area contributed by atoms with Gasteiger partial charge in [-0.2, -0.15) is 0 Å². The van der Waals surface area contributed by atoms with Crippen LogP contribution < -0.4 is 0 Å². The van der Waals surface area contributed by atoms with Gasteiger partial charge >= 0.3 is 0 Å². The number of fused-ring (bicyclic) bond motifs is 5. The number of hydrogen-bond donors (Lipinski definition) is 0. The largest absolute Gasteiger partial charge is 0.378 e. The Labute approximate surface area is 234 Å². The lowest BCUT2D eigenvalue weighted by Gasteiger charge is -2.62. The summed E-state index contributed by atoms with van der Waals surface area (Å²) in [5.74, 6) is 6.18. The van der Waals surface area contributed by atoms with Crippen molar-refractivity contribution in [3.8, 4) is 0 Å². The molecule has 1 aliphatic heterocycles. The Bertz CT molecular complexity index is 886. The second-order valence-corrected chi connectivity index (χ2v) is 15.1. The summed E-state index contributed by atoms with van der Waals surface area (Å²) >= 11 is 0. The zero-order valence-corrected chi connectivity index (χ0v) is 25.4. The first-order valence-corrected chi connectivity index (χ1v) is 16.4. The van der Waals surface area contributed by atoms with E-state index in [2.05, 4.69) is 52.3 Å². The summed E-state index contributed by atoms with van der Waals surface area (Å²) in [6, 6.07) is 0. The van der Waals surface area contributed by atoms with E-state index in [4.69, 9.17) is 4.74 Å². The summed E-state index contributed by atoms with van der Waals surface area (Å²) < 4.78 is 5.59. The van der Waals surface area contributed by atoms with E-state index in [-0.39, 0.29) is 11.3 Å². The first-order valence-electron chi connectivity index (χ1n) is 16.4. The van der Waals surface area contributed by atoms with Crippen molar-refractivity contribution in [1.29, 1.82) is 0 Å². The first kappa shape index (κ1) is 28.4. The molecule has 9 atom stereocenters. The van der Waals surface area contributed by atoms with E-state index < -0.39 is 0 Å². The lowest BCUT2D eigenvalue weighted by Crippen LogP contribution is -2.56. The number of carbonyl (C=O) groups excluding carboxylic acids is 1. The molecule has 1 unspecified atom stereocenters. The van der Waals surface area contributed by atoms with E-state index in [0.29, 0.717) is 17.1 Å². The molecule has 0 N–H and O–H groups in total. The molecule has 5 rings (SSSR count). The molecule has 4 aliphatic carbocycles. The highest BCUT2D eigenvalue weighted by atomic mass is 16.5. The molecule has 1 saturated heterocycles. The van der Waals surface area contributed by atoms with Crippen molar-refractivity contribution in [2.45, 2.75) is 105 Å². The maximum absolute atomic E-state index is 13.9. The summed E-state index contributed by atoms with van der Waals surface area (Å²) in [4.78, 5) is 16.2. The number of hydrogen-bond acceptors (Lipinski definition) is 3. The molecule has 38 heavy (non-hydrogen) atoms. The highest BCUT2D eigenvalue weighted by Crippen LogP contribution is 2.69. The Hall–Kier alpha value is -1.09. The van der Waals surface area contributed by atoms with E-state index in [1.807, 2.05) is 6.08 Å². The molecule has 1 heterocycles. The summed E-state index contributed by atoms with van der Waals surface area (Å²) in [6.07, 6.45) is 18.6. The lowest BCUT2D eigenvalue weighted by atomic mass is 9.42. The van der Waals surface area contributed by atoms with Gasteiger partial charge in [-0.15, -0.1) is 6.58 Å². The molecule has 5 aliphatic rings. The van der Waals surface area contributed by atoms with Gasteiger partial charge in [-0.3, -0.25) is 4.79 Å². The van der Waals surface area contributed by atoms with Crippen molar-refractivity contribution in [3.05, 3.63) is 24.4 Å². The number of morpholine rings is 1. The average molecular weight is 524 g/mol. The molecular weight excluding hydrogens is 466 g/mol. The lowest BCUT2D eigenvalue weighted by molar-refractivity contribution is -0.144. The van der Waals surface area contributed by atoms with E-state index >= 15 is 0 Å². The molecule has 0 amide bonds. The number of ketones is 1. The Morgan fingerprint density at radius 3 is 2.39 bits per heavy atom. The van der Waals surface area contributed by atoms with Crippen LogP contribution in [0.4, 0.5) is 0 Å². The number of rotatable bonds is 8. The van der Waals surface area contributed by atoms with Crippen LogP contribution in [0, 0.1) is 58.2 Å². The van der Waals surface area contributed by atoms with Crippen LogP contribution in [0.2, 0.25) is 0 Å². The van der Waals surface area contributed by atoms with Gasteiger partial charge in [0.1, 0.15) is 0 Å². The van der Waals surface area contributed by atoms with E-state index in [0.717, 1.165) is 80.2 Å². The summed E-state index contributed by atoms with van der Waals surface area (Å²) in [7, 11) is 0. The van der Waals surface area contributed by atoms with Gasteiger partial charge in [0.25, 0.3) is 0 Å². The number of nitrogens with zero attached hydrogens (tertiary/aromatic N) is 1. The van der Waals surface area contributed by atoms with Crippen LogP contribution in [0.25, 0.3) is 0 Å². The van der Waals surface area contributed by atoms with Crippen LogP contribution in [0.5, 0.6) is 0 Å². The standard InChI is InChI=1S/C35H57NO2/c1-7-9-28-31-13-12-27-30-15-14-29(25(4)11-8-10-24(2)3)34(30,5)17-16-32(27)35(31,6)22-26(33(28)37)23-36-18-20-38-21-19-36/h7,23-25,27-32H,1,8-22H2,2-6H3/t25-,27+,28+,29-,30+,31?,32+,34-,35+/m1/s1. The van der Waals surface area contributed by atoms with Crippen molar-refractivity contribution in [2.24, 2.45) is 58.2 Å². The van der Waals surface area contributed by atoms with Crippen molar-refractivity contribution < 1.29 is 9.53 Å². The minimum absolute atomic E-state index is 0.130. The van der Waals surface area contributed by atoms with Gasteiger partial charge in [0.2, 0.25) is 0 Å². The van der Waals surface area contributed by atoms with Crippen LogP contribution in [0.15, 0.2) is 24.4 Å². The fourth-order valence-electron chi connectivity index (χ4n) is 10.8. The Morgan fingerprint density at radius 1 is 0.974 bits per heavy atom. The van der Waals surface area contributed by atoms with Crippen molar-refractivity contribution in [3.63, 3.8) is 0 Å². The summed E-state index contributed by atoms with van der Waals surface area (Å²) in [5, 5.41) is 0. The topological polar surface area (TPSA) is 29.5 Å². The summed E-state index contributed by atoms with van der Waals surface area (Å²) in [6.45, 7) is 20.1. The quantitative estimate of drug-likeness (QED) is 0.237. The number of allylic oxidation sites excluding steroid dienone is 2. The molecular formula is C35H57NO2. The van der Waals surface area contributed by atoms with Gasteiger partial charge in [-0.25, -0.2) is 0 Å². The molecule has 4 saturated carbocycles. The van der Waals surface area contributed by atoms with Gasteiger partial charge in [0.05, 0.1) is 13.2 Å². The Kier molecular flexibility index (Phi) is 8.55. The third-order valence-corrected chi connectivity index (χ3v) is 12.7. The molecule has 3 nitrogen and oxygen atoms in total. The molecule has 0 aromatic carbocycles.